The lowest BCUT2D eigenvalue weighted by molar-refractivity contribution is -0.209. The highest BCUT2D eigenvalue weighted by Gasteiger charge is 2.31. The first-order valence-electron chi connectivity index (χ1n) is 16.8. The molecule has 1 aromatic rings. The molecule has 51 heavy (non-hydrogen) atoms. The van der Waals surface area contributed by atoms with Gasteiger partial charge in [-0.05, 0) is 30.5 Å². The second kappa shape index (κ2) is 23.0. The van der Waals surface area contributed by atoms with Crippen LogP contribution in [-0.2, 0) is 54.2 Å². The smallest absolute Gasteiger partial charge is 0.333 e. The number of hydrogen-bond donors (Lipinski definition) is 4. The van der Waals surface area contributed by atoms with Crippen molar-refractivity contribution in [3.05, 3.63) is 41.7 Å². The van der Waals surface area contributed by atoms with Crippen LogP contribution in [-0.4, -0.2) is 135 Å². The van der Waals surface area contributed by atoms with Gasteiger partial charge in [0.15, 0.2) is 0 Å². The van der Waals surface area contributed by atoms with Gasteiger partial charge in [0.1, 0.15) is 24.7 Å². The molecule has 1 saturated heterocycles. The molecule has 3 rings (SSSR count). The van der Waals surface area contributed by atoms with Gasteiger partial charge in [-0.2, -0.15) is 0 Å². The number of carbonyl (C=O) groups excluding carboxylic acids is 6. The number of hydrazine groups is 2. The van der Waals surface area contributed by atoms with Gasteiger partial charge in [0, 0.05) is 45.5 Å². The number of aliphatic hydroxyl groups excluding tert-OH is 1. The molecule has 2 aliphatic heterocycles. The summed E-state index contributed by atoms with van der Waals surface area (Å²) < 4.78 is 22.3. The number of imide groups is 1. The first-order chi connectivity index (χ1) is 24.7. The first-order valence-corrected chi connectivity index (χ1v) is 16.8. The molecule has 1 fully saturated rings. The lowest BCUT2D eigenvalue weighted by Gasteiger charge is -2.23. The van der Waals surface area contributed by atoms with E-state index < -0.39 is 35.6 Å². The van der Waals surface area contributed by atoms with Gasteiger partial charge in [-0.25, -0.2) is 4.79 Å². The molecule has 1 unspecified atom stereocenters. The monoisotopic (exact) mass is 720 g/mol. The summed E-state index contributed by atoms with van der Waals surface area (Å²) in [5.41, 5.74) is 4.82. The summed E-state index contributed by atoms with van der Waals surface area (Å²) in [4.78, 5) is 76.5. The third-order valence-corrected chi connectivity index (χ3v) is 7.46. The van der Waals surface area contributed by atoms with E-state index in [2.05, 4.69) is 16.2 Å². The first kappa shape index (κ1) is 40.8. The molecule has 2 aliphatic rings. The number of aldehydes is 1. The fourth-order valence-electron chi connectivity index (χ4n) is 4.81. The summed E-state index contributed by atoms with van der Waals surface area (Å²) >= 11 is 0. The van der Waals surface area contributed by atoms with Crippen molar-refractivity contribution < 1.29 is 57.7 Å². The number of aliphatic hydroxyl groups is 1. The summed E-state index contributed by atoms with van der Waals surface area (Å²) in [6.07, 6.45) is 2.48. The molecular weight excluding hydrogens is 672 g/mol. The highest BCUT2D eigenvalue weighted by Crippen LogP contribution is 2.17. The lowest BCUT2D eigenvalue weighted by atomic mass is 10.1. The average molecular weight is 721 g/mol. The Labute approximate surface area is 296 Å². The van der Waals surface area contributed by atoms with Crippen molar-refractivity contribution >= 4 is 35.9 Å². The average Bonchev–Trinajstić information content (AvgIpc) is 3.47. The Morgan fingerprint density at radius 1 is 0.980 bits per heavy atom. The number of hydrogen-bond acceptors (Lipinski definition) is 15. The highest BCUT2D eigenvalue weighted by molar-refractivity contribution is 5.98. The van der Waals surface area contributed by atoms with Crippen molar-refractivity contribution in [3.8, 4) is 5.75 Å². The maximum Gasteiger partial charge on any atom is 0.333 e. The van der Waals surface area contributed by atoms with Crippen LogP contribution in [0.5, 0.6) is 5.75 Å². The normalized spacial score (nSPS) is 14.9. The van der Waals surface area contributed by atoms with Gasteiger partial charge >= 0.3 is 5.97 Å². The summed E-state index contributed by atoms with van der Waals surface area (Å²) in [7, 11) is 1.74. The molecule has 0 aliphatic carbocycles. The van der Waals surface area contributed by atoms with Gasteiger partial charge in [-0.15, -0.1) is 10.6 Å². The SMILES string of the molecule is CN1NN(CCOCCOCCOCCOc2ccc(CCO)cc2)C=C1CC(NC(=O)CCCC(=O)N1OC(=O)CCC1=O)C(=O)NCC=O. The van der Waals surface area contributed by atoms with E-state index in [9.17, 15) is 28.8 Å². The number of nitrogens with one attached hydrogen (secondary N) is 3. The number of carbonyl (C=O) groups is 6. The molecule has 1 atom stereocenters. The van der Waals surface area contributed by atoms with Crippen molar-refractivity contribution in [2.45, 2.75) is 51.0 Å². The fourth-order valence-corrected chi connectivity index (χ4v) is 4.81. The highest BCUT2D eigenvalue weighted by atomic mass is 16.7. The van der Waals surface area contributed by atoms with Crippen LogP contribution >= 0.6 is 0 Å². The standard InChI is InChI=1S/C33H48N6O12/c1-37-26(23-28(33(46)34-12-15-41)35-29(42)3-2-4-30(43)39-31(44)9-10-32(45)51-39)24-38(36-37)13-16-47-17-18-48-19-20-49-21-22-50-27-7-5-25(6-8-27)11-14-40/h5-8,15,24,28,36,40H,2-4,9-14,16-23H2,1H3,(H,34,46)(H,35,42). The second-order valence-electron chi connectivity index (χ2n) is 11.4. The van der Waals surface area contributed by atoms with Crippen LogP contribution in [0.1, 0.15) is 44.1 Å². The third kappa shape index (κ3) is 15.4. The predicted octanol–water partition coefficient (Wildman–Crippen LogP) is -0.874. The summed E-state index contributed by atoms with van der Waals surface area (Å²) in [5, 5.41) is 17.9. The zero-order chi connectivity index (χ0) is 36.8. The molecule has 0 aromatic heterocycles. The van der Waals surface area contributed by atoms with Crippen LogP contribution in [0.4, 0.5) is 0 Å². The zero-order valence-electron chi connectivity index (χ0n) is 28.8. The number of hydroxylamine groups is 2. The molecule has 4 amide bonds. The van der Waals surface area contributed by atoms with Crippen LogP contribution in [0, 0.1) is 0 Å². The quantitative estimate of drug-likeness (QED) is 0.0714. The molecule has 0 saturated carbocycles. The van der Waals surface area contributed by atoms with E-state index in [1.807, 2.05) is 24.3 Å². The molecule has 282 valence electrons. The second-order valence-corrected chi connectivity index (χ2v) is 11.4. The topological polar surface area (TPSA) is 215 Å². The van der Waals surface area contributed by atoms with Crippen LogP contribution < -0.4 is 20.9 Å². The molecule has 2 heterocycles. The molecule has 1 aromatic carbocycles. The maximum absolute atomic E-state index is 12.8. The fraction of sp³-hybridized carbons (Fsp3) is 0.576. The van der Waals surface area contributed by atoms with Gasteiger partial charge in [0.05, 0.1) is 64.8 Å². The third-order valence-electron chi connectivity index (χ3n) is 7.46. The van der Waals surface area contributed by atoms with Crippen LogP contribution in [0.3, 0.4) is 0 Å². The molecule has 18 heteroatoms. The van der Waals surface area contributed by atoms with Gasteiger partial charge in [0.2, 0.25) is 11.8 Å². The Kier molecular flexibility index (Phi) is 18.4. The van der Waals surface area contributed by atoms with Gasteiger partial charge in [0.25, 0.3) is 11.8 Å². The minimum atomic E-state index is -1.02. The van der Waals surface area contributed by atoms with E-state index >= 15 is 0 Å². The predicted molar refractivity (Wildman–Crippen MR) is 178 cm³/mol. The largest absolute Gasteiger partial charge is 0.491 e. The lowest BCUT2D eigenvalue weighted by Crippen LogP contribution is -2.48. The van der Waals surface area contributed by atoms with Crippen LogP contribution in [0.15, 0.2) is 36.2 Å². The van der Waals surface area contributed by atoms with Crippen LogP contribution in [0.25, 0.3) is 0 Å². The van der Waals surface area contributed by atoms with Crippen molar-refractivity contribution in [3.63, 3.8) is 0 Å². The summed E-state index contributed by atoms with van der Waals surface area (Å²) in [6.45, 7) is 3.18. The van der Waals surface area contributed by atoms with Crippen LogP contribution in [0.2, 0.25) is 0 Å². The van der Waals surface area contributed by atoms with E-state index in [1.165, 1.54) is 0 Å². The van der Waals surface area contributed by atoms with E-state index in [0.717, 1.165) is 11.3 Å². The molecule has 0 bridgehead atoms. The van der Waals surface area contributed by atoms with E-state index in [0.29, 0.717) is 76.3 Å². The van der Waals surface area contributed by atoms with E-state index in [-0.39, 0.29) is 51.7 Å². The number of ether oxygens (including phenoxy) is 4. The Bertz CT molecular complexity index is 1330. The van der Waals surface area contributed by atoms with E-state index in [4.69, 9.17) is 28.9 Å². The Morgan fingerprint density at radius 3 is 2.35 bits per heavy atom. The Balaban J connectivity index is 1.29. The molecule has 18 nitrogen and oxygen atoms in total. The van der Waals surface area contributed by atoms with Gasteiger partial charge in [-0.1, -0.05) is 12.1 Å². The Morgan fingerprint density at radius 2 is 1.67 bits per heavy atom. The molecule has 0 spiro atoms. The van der Waals surface area contributed by atoms with E-state index in [1.54, 1.807) is 23.3 Å². The minimum Gasteiger partial charge on any atom is -0.491 e. The maximum atomic E-state index is 12.8. The number of benzene rings is 1. The molecular formula is C33H48N6O12. The molecule has 4 N–H and O–H groups in total. The van der Waals surface area contributed by atoms with Crippen molar-refractivity contribution in [1.29, 1.82) is 0 Å². The number of amides is 4. The molecule has 0 radical (unpaired) electrons. The van der Waals surface area contributed by atoms with Crippen molar-refractivity contribution in [2.24, 2.45) is 0 Å². The number of rotatable bonds is 25. The van der Waals surface area contributed by atoms with Gasteiger partial charge in [-0.3, -0.25) is 29.2 Å². The number of nitrogens with zero attached hydrogens (tertiary/aromatic N) is 3. The zero-order valence-corrected chi connectivity index (χ0v) is 28.8. The van der Waals surface area contributed by atoms with Gasteiger partial charge < -0.3 is 44.3 Å². The van der Waals surface area contributed by atoms with Crippen molar-refractivity contribution in [1.82, 2.24) is 31.2 Å². The summed E-state index contributed by atoms with van der Waals surface area (Å²) in [6, 6.07) is 6.54. The van der Waals surface area contributed by atoms with Crippen molar-refractivity contribution in [2.75, 3.05) is 73.0 Å². The summed E-state index contributed by atoms with van der Waals surface area (Å²) in [5.74, 6) is -2.37. The Hall–Kier alpha value is -4.62. The minimum absolute atomic E-state index is 0.0464.